The summed E-state index contributed by atoms with van der Waals surface area (Å²) in [6.07, 6.45) is 19.9. The summed E-state index contributed by atoms with van der Waals surface area (Å²) in [5.41, 5.74) is 0. The number of esters is 1. The molecule has 0 aliphatic heterocycles. The van der Waals surface area contributed by atoms with Crippen molar-refractivity contribution in [2.45, 2.75) is 103 Å². The standard InChI is InChI=1S/C26H48NO8P/c1-3-5-6-7-8-9-10-11-12-13-14-15-16-17-19-25(29)27-20-21-34-36(31,32)35-23-24(28)22-33-26(30)18-4-2/h7-8,10-11,24,28H,3-6,9,12-23H2,1-2H3,(H,27,29)(H,31,32)/b8-7-,11-10-. The van der Waals surface area contributed by atoms with Gasteiger partial charge in [0.2, 0.25) is 5.91 Å². The Morgan fingerprint density at radius 1 is 0.861 bits per heavy atom. The van der Waals surface area contributed by atoms with Crippen LogP contribution in [0.15, 0.2) is 24.3 Å². The van der Waals surface area contributed by atoms with Crippen molar-refractivity contribution in [3.8, 4) is 0 Å². The molecular formula is C26H48NO8P. The van der Waals surface area contributed by atoms with E-state index >= 15 is 0 Å². The third-order valence-electron chi connectivity index (χ3n) is 5.10. The number of phosphoric acid groups is 1. The largest absolute Gasteiger partial charge is 0.472 e. The average Bonchev–Trinajstić information content (AvgIpc) is 2.84. The zero-order chi connectivity index (χ0) is 26.9. The molecule has 0 saturated carbocycles. The fourth-order valence-electron chi connectivity index (χ4n) is 3.08. The number of phosphoric ester groups is 1. The molecule has 0 saturated heterocycles. The van der Waals surface area contributed by atoms with Gasteiger partial charge in [-0.2, -0.15) is 0 Å². The summed E-state index contributed by atoms with van der Waals surface area (Å²) in [7, 11) is -4.38. The Bertz CT molecular complexity index is 668. The molecule has 210 valence electrons. The molecule has 0 fully saturated rings. The van der Waals surface area contributed by atoms with Crippen LogP contribution in [0.1, 0.15) is 97.3 Å². The van der Waals surface area contributed by atoms with Crippen molar-refractivity contribution in [3.63, 3.8) is 0 Å². The summed E-state index contributed by atoms with van der Waals surface area (Å²) in [5, 5.41) is 12.3. The summed E-state index contributed by atoms with van der Waals surface area (Å²) in [6.45, 7) is 3.04. The van der Waals surface area contributed by atoms with Crippen LogP contribution in [0.5, 0.6) is 0 Å². The Morgan fingerprint density at radius 2 is 1.53 bits per heavy atom. The molecule has 0 heterocycles. The molecule has 3 N–H and O–H groups in total. The van der Waals surface area contributed by atoms with E-state index in [-0.39, 0.29) is 32.1 Å². The minimum atomic E-state index is -4.38. The molecule has 0 bridgehead atoms. The lowest BCUT2D eigenvalue weighted by atomic mass is 10.1. The minimum absolute atomic E-state index is 0.0735. The van der Waals surface area contributed by atoms with Crippen LogP contribution in [-0.4, -0.2) is 54.3 Å². The van der Waals surface area contributed by atoms with Crippen LogP contribution in [0, 0.1) is 0 Å². The number of allylic oxidation sites excluding steroid dienone is 4. The van der Waals surface area contributed by atoms with Crippen molar-refractivity contribution in [1.82, 2.24) is 5.32 Å². The van der Waals surface area contributed by atoms with Gasteiger partial charge in [0.1, 0.15) is 12.7 Å². The molecule has 1 amide bonds. The number of rotatable bonds is 24. The molecule has 0 aromatic carbocycles. The molecule has 36 heavy (non-hydrogen) atoms. The molecule has 0 rings (SSSR count). The van der Waals surface area contributed by atoms with E-state index in [9.17, 15) is 24.2 Å². The van der Waals surface area contributed by atoms with Crippen LogP contribution in [-0.2, 0) is 27.9 Å². The smallest absolute Gasteiger partial charge is 0.463 e. The topological polar surface area (TPSA) is 131 Å². The summed E-state index contributed by atoms with van der Waals surface area (Å²) in [4.78, 5) is 32.7. The third-order valence-corrected chi connectivity index (χ3v) is 6.09. The van der Waals surface area contributed by atoms with Crippen molar-refractivity contribution < 1.29 is 37.9 Å². The first-order valence-electron chi connectivity index (χ1n) is 13.3. The van der Waals surface area contributed by atoms with E-state index in [0.29, 0.717) is 12.8 Å². The van der Waals surface area contributed by atoms with Crippen LogP contribution in [0.4, 0.5) is 0 Å². The molecule has 2 atom stereocenters. The molecule has 0 aliphatic rings. The number of unbranched alkanes of at least 4 members (excludes halogenated alkanes) is 7. The number of ether oxygens (including phenoxy) is 1. The molecule has 0 aromatic rings. The minimum Gasteiger partial charge on any atom is -0.463 e. The predicted octanol–water partition coefficient (Wildman–Crippen LogP) is 5.36. The highest BCUT2D eigenvalue weighted by molar-refractivity contribution is 7.47. The van der Waals surface area contributed by atoms with Crippen LogP contribution < -0.4 is 5.32 Å². The van der Waals surface area contributed by atoms with Gasteiger partial charge in [-0.15, -0.1) is 0 Å². The molecule has 0 spiro atoms. The van der Waals surface area contributed by atoms with Gasteiger partial charge in [-0.1, -0.05) is 70.3 Å². The Labute approximate surface area is 217 Å². The summed E-state index contributed by atoms with van der Waals surface area (Å²) < 4.78 is 26.0. The van der Waals surface area contributed by atoms with E-state index in [1.807, 2.05) is 6.92 Å². The van der Waals surface area contributed by atoms with Gasteiger partial charge < -0.3 is 20.1 Å². The first-order valence-corrected chi connectivity index (χ1v) is 14.8. The Morgan fingerprint density at radius 3 is 2.22 bits per heavy atom. The maximum absolute atomic E-state index is 11.9. The number of hydrogen-bond acceptors (Lipinski definition) is 7. The molecule has 10 heteroatoms. The highest BCUT2D eigenvalue weighted by atomic mass is 31.2. The van der Waals surface area contributed by atoms with Gasteiger partial charge in [0, 0.05) is 19.4 Å². The Balaban J connectivity index is 3.63. The lowest BCUT2D eigenvalue weighted by Crippen LogP contribution is -2.27. The van der Waals surface area contributed by atoms with Crippen molar-refractivity contribution in [3.05, 3.63) is 24.3 Å². The van der Waals surface area contributed by atoms with E-state index in [4.69, 9.17) is 9.26 Å². The zero-order valence-electron chi connectivity index (χ0n) is 22.2. The van der Waals surface area contributed by atoms with E-state index in [1.165, 1.54) is 19.3 Å². The van der Waals surface area contributed by atoms with Crippen molar-refractivity contribution >= 4 is 19.7 Å². The summed E-state index contributed by atoms with van der Waals surface area (Å²) in [6, 6.07) is 0. The van der Waals surface area contributed by atoms with Crippen molar-refractivity contribution in [2.24, 2.45) is 0 Å². The first-order chi connectivity index (χ1) is 17.3. The number of carbonyl (C=O) groups is 2. The van der Waals surface area contributed by atoms with Crippen molar-refractivity contribution in [2.75, 3.05) is 26.4 Å². The predicted molar refractivity (Wildman–Crippen MR) is 141 cm³/mol. The second kappa shape index (κ2) is 23.9. The quantitative estimate of drug-likeness (QED) is 0.0654. The molecule has 9 nitrogen and oxygen atoms in total. The fourth-order valence-corrected chi connectivity index (χ4v) is 3.83. The molecule has 2 unspecified atom stereocenters. The van der Waals surface area contributed by atoms with Crippen LogP contribution in [0.2, 0.25) is 0 Å². The van der Waals surface area contributed by atoms with Crippen molar-refractivity contribution in [1.29, 1.82) is 0 Å². The number of nitrogens with one attached hydrogen (secondary N) is 1. The van der Waals surface area contributed by atoms with E-state index in [2.05, 4.69) is 41.1 Å². The average molecular weight is 534 g/mol. The second-order valence-electron chi connectivity index (χ2n) is 8.66. The number of amides is 1. The first kappa shape index (κ1) is 34.5. The van der Waals surface area contributed by atoms with Gasteiger partial charge in [-0.25, -0.2) is 4.57 Å². The van der Waals surface area contributed by atoms with E-state index in [1.54, 1.807) is 0 Å². The Hall–Kier alpha value is -1.51. The maximum Gasteiger partial charge on any atom is 0.472 e. The summed E-state index contributed by atoms with van der Waals surface area (Å²) in [5.74, 6) is -0.591. The fraction of sp³-hybridized carbons (Fsp3) is 0.769. The van der Waals surface area contributed by atoms with Gasteiger partial charge >= 0.3 is 13.8 Å². The van der Waals surface area contributed by atoms with E-state index in [0.717, 1.165) is 44.9 Å². The van der Waals surface area contributed by atoms with Gasteiger partial charge in [-0.3, -0.25) is 18.6 Å². The number of aliphatic hydroxyl groups is 1. The summed E-state index contributed by atoms with van der Waals surface area (Å²) >= 11 is 0. The maximum atomic E-state index is 11.9. The third kappa shape index (κ3) is 24.2. The second-order valence-corrected chi connectivity index (χ2v) is 10.1. The lowest BCUT2D eigenvalue weighted by molar-refractivity contribution is -0.147. The highest BCUT2D eigenvalue weighted by Crippen LogP contribution is 2.42. The Kier molecular flexibility index (Phi) is 22.9. The number of carbonyl (C=O) groups excluding carboxylic acids is 2. The number of aliphatic hydroxyl groups excluding tert-OH is 1. The molecular weight excluding hydrogens is 485 g/mol. The monoisotopic (exact) mass is 533 g/mol. The van der Waals surface area contributed by atoms with Crippen LogP contribution in [0.25, 0.3) is 0 Å². The van der Waals surface area contributed by atoms with Gasteiger partial charge in [0.05, 0.1) is 13.2 Å². The van der Waals surface area contributed by atoms with Gasteiger partial charge in [0.25, 0.3) is 0 Å². The lowest BCUT2D eigenvalue weighted by Gasteiger charge is -2.15. The number of hydrogen-bond donors (Lipinski definition) is 3. The van der Waals surface area contributed by atoms with E-state index < -0.39 is 26.5 Å². The highest BCUT2D eigenvalue weighted by Gasteiger charge is 2.23. The molecule has 0 aromatic heterocycles. The zero-order valence-corrected chi connectivity index (χ0v) is 23.1. The van der Waals surface area contributed by atoms with Gasteiger partial charge in [0.15, 0.2) is 0 Å². The molecule has 0 aliphatic carbocycles. The van der Waals surface area contributed by atoms with Gasteiger partial charge in [-0.05, 0) is 38.5 Å². The molecule has 0 radical (unpaired) electrons. The normalized spacial score (nSPS) is 14.2. The van der Waals surface area contributed by atoms with Crippen LogP contribution >= 0.6 is 7.82 Å². The van der Waals surface area contributed by atoms with Crippen LogP contribution in [0.3, 0.4) is 0 Å². The SMILES string of the molecule is CCCC/C=C\C/C=C\CCCCCCCC(=O)NCCOP(=O)(O)OCC(O)COC(=O)CCC.